The number of hydrogen-bond donors (Lipinski definition) is 1. The molecule has 17 heavy (non-hydrogen) atoms. The molecule has 0 radical (unpaired) electrons. The molecule has 0 amide bonds. The molecule has 5 rings (SSSR count). The van der Waals surface area contributed by atoms with Gasteiger partial charge in [0.05, 0.1) is 6.04 Å². The Bertz CT molecular complexity index is 509. The lowest BCUT2D eigenvalue weighted by molar-refractivity contribution is -0.691. The molecule has 88 valence electrons. The predicted octanol–water partition coefficient (Wildman–Crippen LogP) is 1.19. The van der Waals surface area contributed by atoms with Crippen LogP contribution >= 0.6 is 0 Å². The van der Waals surface area contributed by atoms with Crippen LogP contribution < -0.4 is 10.5 Å². The van der Waals surface area contributed by atoms with Crippen LogP contribution in [-0.4, -0.2) is 35.3 Å². The number of rotatable bonds is 0. The van der Waals surface area contributed by atoms with Gasteiger partial charge in [-0.2, -0.15) is 0 Å². The molecule has 2 N–H and O–H groups in total. The van der Waals surface area contributed by atoms with E-state index in [1.54, 1.807) is 0 Å². The van der Waals surface area contributed by atoms with Crippen LogP contribution in [0.1, 0.15) is 24.4 Å². The maximum atomic E-state index is 6.48. The molecule has 0 saturated carbocycles. The van der Waals surface area contributed by atoms with Crippen molar-refractivity contribution < 1.29 is 9.22 Å². The number of benzene rings is 1. The Morgan fingerprint density at radius 3 is 2.59 bits per heavy atom. The molecule has 0 bridgehead atoms. The van der Waals surface area contributed by atoms with Gasteiger partial charge in [0.15, 0.2) is 0 Å². The SMILES string of the molecule is N[C@@H]1c2ccccc2OC12C[C@@H]1C[N+]13C[C@@H]3C2. The zero-order chi connectivity index (χ0) is 11.3. The van der Waals surface area contributed by atoms with E-state index in [1.165, 1.54) is 36.0 Å². The molecule has 3 heteroatoms. The largest absolute Gasteiger partial charge is 0.484 e. The zero-order valence-corrected chi connectivity index (χ0v) is 9.80. The number of piperidine rings is 1. The van der Waals surface area contributed by atoms with E-state index in [2.05, 4.69) is 18.2 Å². The molecule has 3 nitrogen and oxygen atoms in total. The Labute approximate surface area is 101 Å². The van der Waals surface area contributed by atoms with Gasteiger partial charge in [-0.05, 0) is 6.07 Å². The van der Waals surface area contributed by atoms with Crippen molar-refractivity contribution >= 4 is 0 Å². The first kappa shape index (κ1) is 8.95. The van der Waals surface area contributed by atoms with Crippen molar-refractivity contribution in [3.8, 4) is 5.75 Å². The fourth-order valence-corrected chi connectivity index (χ4v) is 4.47. The smallest absolute Gasteiger partial charge is 0.143 e. The van der Waals surface area contributed by atoms with Crippen molar-refractivity contribution in [2.45, 2.75) is 36.6 Å². The van der Waals surface area contributed by atoms with E-state index in [4.69, 9.17) is 10.5 Å². The van der Waals surface area contributed by atoms with Gasteiger partial charge in [0.1, 0.15) is 36.5 Å². The van der Waals surface area contributed by atoms with Gasteiger partial charge in [-0.25, -0.2) is 0 Å². The second-order valence-corrected chi connectivity index (χ2v) is 6.37. The number of ether oxygens (including phenoxy) is 1. The minimum absolute atomic E-state index is 0.0756. The van der Waals surface area contributed by atoms with Gasteiger partial charge in [-0.15, -0.1) is 0 Å². The Kier molecular flexibility index (Phi) is 1.25. The highest BCUT2D eigenvalue weighted by Gasteiger charge is 2.79. The molecular weight excluding hydrogens is 212 g/mol. The summed E-state index contributed by atoms with van der Waals surface area (Å²) < 4.78 is 7.71. The molecule has 3 saturated heterocycles. The molecule has 1 aromatic rings. The summed E-state index contributed by atoms with van der Waals surface area (Å²) >= 11 is 0. The number of nitrogens with two attached hydrogens (primary N) is 1. The third-order valence-electron chi connectivity index (χ3n) is 5.58. The molecule has 4 heterocycles. The van der Waals surface area contributed by atoms with Crippen LogP contribution in [0.3, 0.4) is 0 Å². The molecular formula is C14H17N2O+. The topological polar surface area (TPSA) is 35.2 Å². The van der Waals surface area contributed by atoms with Crippen molar-refractivity contribution in [2.75, 3.05) is 13.1 Å². The molecule has 0 aliphatic carbocycles. The molecule has 2 unspecified atom stereocenters. The second kappa shape index (κ2) is 2.38. The number of hydrogen-bond acceptors (Lipinski definition) is 2. The average Bonchev–Trinajstić information content (AvgIpc) is 3.15. The number of quaternary nitrogens is 1. The minimum Gasteiger partial charge on any atom is -0.484 e. The summed E-state index contributed by atoms with van der Waals surface area (Å²) in [5, 5.41) is 0. The van der Waals surface area contributed by atoms with Gasteiger partial charge >= 0.3 is 0 Å². The van der Waals surface area contributed by atoms with Crippen molar-refractivity contribution in [1.29, 1.82) is 0 Å². The minimum atomic E-state index is -0.0756. The van der Waals surface area contributed by atoms with Crippen LogP contribution in [0.2, 0.25) is 0 Å². The Balaban J connectivity index is 1.58. The van der Waals surface area contributed by atoms with Crippen molar-refractivity contribution in [1.82, 2.24) is 0 Å². The Morgan fingerprint density at radius 2 is 1.88 bits per heavy atom. The van der Waals surface area contributed by atoms with E-state index in [0.717, 1.165) is 17.8 Å². The lowest BCUT2D eigenvalue weighted by Gasteiger charge is -2.33. The predicted molar refractivity (Wildman–Crippen MR) is 63.5 cm³/mol. The van der Waals surface area contributed by atoms with Gasteiger partial charge < -0.3 is 10.5 Å². The Hall–Kier alpha value is -1.06. The monoisotopic (exact) mass is 229 g/mol. The third-order valence-corrected chi connectivity index (χ3v) is 5.58. The van der Waals surface area contributed by atoms with Gasteiger partial charge in [0, 0.05) is 18.4 Å². The summed E-state index contributed by atoms with van der Waals surface area (Å²) in [5.74, 6) is 1.03. The fraction of sp³-hybridized carbons (Fsp3) is 0.571. The summed E-state index contributed by atoms with van der Waals surface area (Å²) in [7, 11) is 0. The van der Waals surface area contributed by atoms with E-state index in [0.29, 0.717) is 0 Å². The van der Waals surface area contributed by atoms with Crippen molar-refractivity contribution in [3.63, 3.8) is 0 Å². The Morgan fingerprint density at radius 1 is 1.18 bits per heavy atom. The molecule has 0 aromatic heterocycles. The maximum Gasteiger partial charge on any atom is 0.143 e. The van der Waals surface area contributed by atoms with E-state index < -0.39 is 0 Å². The van der Waals surface area contributed by atoms with E-state index in [1.807, 2.05) is 6.07 Å². The summed E-state index contributed by atoms with van der Waals surface area (Å²) in [5.41, 5.74) is 7.62. The standard InChI is InChI=1S/C14H17N2O/c15-13-11-3-1-2-4-12(11)17-14(13)5-9-7-16(9)8-10(16)6-14/h1-4,9-10,13H,5-8,15H2/q+1/t9-,10+,13-,14?,16?/m1/s1. The third kappa shape index (κ3) is 0.893. The number of para-hydroxylation sites is 1. The molecule has 3 fully saturated rings. The maximum absolute atomic E-state index is 6.48. The molecule has 2 spiro atoms. The van der Waals surface area contributed by atoms with E-state index >= 15 is 0 Å². The van der Waals surface area contributed by atoms with Gasteiger partial charge in [-0.3, -0.25) is 4.48 Å². The van der Waals surface area contributed by atoms with Crippen LogP contribution in [0.4, 0.5) is 0 Å². The van der Waals surface area contributed by atoms with Gasteiger partial charge in [0.2, 0.25) is 0 Å². The van der Waals surface area contributed by atoms with Gasteiger partial charge in [-0.1, -0.05) is 18.2 Å². The van der Waals surface area contributed by atoms with Crippen LogP contribution in [-0.2, 0) is 0 Å². The van der Waals surface area contributed by atoms with Crippen LogP contribution in [0.5, 0.6) is 5.75 Å². The summed E-state index contributed by atoms with van der Waals surface area (Å²) in [4.78, 5) is 0. The van der Waals surface area contributed by atoms with Crippen molar-refractivity contribution in [3.05, 3.63) is 29.8 Å². The summed E-state index contributed by atoms with van der Waals surface area (Å²) in [6.07, 6.45) is 2.33. The highest BCUT2D eigenvalue weighted by molar-refractivity contribution is 5.43. The number of fused-ring (bicyclic) bond motifs is 1. The summed E-state index contributed by atoms with van der Waals surface area (Å²) in [6, 6.07) is 10.1. The van der Waals surface area contributed by atoms with Crippen LogP contribution in [0.15, 0.2) is 24.3 Å². The molecule has 5 atom stereocenters. The first-order valence-corrected chi connectivity index (χ1v) is 6.64. The number of nitrogens with zero attached hydrogens (tertiary/aromatic N) is 1. The first-order chi connectivity index (χ1) is 8.24. The zero-order valence-electron chi connectivity index (χ0n) is 9.80. The van der Waals surface area contributed by atoms with E-state index in [9.17, 15) is 0 Å². The quantitative estimate of drug-likeness (QED) is 0.536. The van der Waals surface area contributed by atoms with Crippen LogP contribution in [0, 0.1) is 0 Å². The summed E-state index contributed by atoms with van der Waals surface area (Å²) in [6.45, 7) is 2.78. The van der Waals surface area contributed by atoms with Crippen molar-refractivity contribution in [2.24, 2.45) is 5.73 Å². The normalized spacial score (nSPS) is 52.4. The van der Waals surface area contributed by atoms with E-state index in [-0.39, 0.29) is 11.6 Å². The van der Waals surface area contributed by atoms with Gasteiger partial charge in [0.25, 0.3) is 0 Å². The molecule has 1 aromatic carbocycles. The fourth-order valence-electron chi connectivity index (χ4n) is 4.47. The first-order valence-electron chi connectivity index (χ1n) is 6.64. The average molecular weight is 229 g/mol. The molecule has 4 aliphatic rings. The molecule has 4 aliphatic heterocycles. The van der Waals surface area contributed by atoms with Crippen LogP contribution in [0.25, 0.3) is 0 Å². The highest BCUT2D eigenvalue weighted by Crippen LogP contribution is 2.62. The lowest BCUT2D eigenvalue weighted by Crippen LogP contribution is -2.47. The lowest BCUT2D eigenvalue weighted by atomic mass is 9.82. The second-order valence-electron chi connectivity index (χ2n) is 6.37. The highest BCUT2D eigenvalue weighted by atomic mass is 16.5.